The van der Waals surface area contributed by atoms with Crippen LogP contribution in [0.25, 0.3) is 6.08 Å². The van der Waals surface area contributed by atoms with Crippen molar-refractivity contribution in [2.24, 2.45) is 0 Å². The van der Waals surface area contributed by atoms with Crippen molar-refractivity contribution in [3.05, 3.63) is 93.8 Å². The Balaban J connectivity index is 1.86. The van der Waals surface area contributed by atoms with E-state index in [1.807, 2.05) is 13.0 Å². The lowest BCUT2D eigenvalue weighted by atomic mass is 10.1. The van der Waals surface area contributed by atoms with Crippen LogP contribution in [-0.4, -0.2) is 13.0 Å². The number of carbonyl (C=O) groups is 1. The van der Waals surface area contributed by atoms with Gasteiger partial charge in [-0.1, -0.05) is 29.8 Å². The van der Waals surface area contributed by atoms with Crippen LogP contribution in [0, 0.1) is 24.1 Å². The van der Waals surface area contributed by atoms with Crippen LogP contribution in [0.4, 0.5) is 10.1 Å². The number of methoxy groups -OCH3 is 1. The lowest BCUT2D eigenvalue weighted by Crippen LogP contribution is -2.13. The minimum atomic E-state index is -0.584. The number of hydrogen-bond donors (Lipinski definition) is 1. The number of nitrogens with one attached hydrogen (secondary N) is 1. The van der Waals surface area contributed by atoms with E-state index >= 15 is 0 Å². The summed E-state index contributed by atoms with van der Waals surface area (Å²) in [6, 6.07) is 18.1. The monoisotopic (exact) mass is 450 g/mol. The highest BCUT2D eigenvalue weighted by atomic mass is 35.5. The smallest absolute Gasteiger partial charge is 0.266 e. The second kappa shape index (κ2) is 10.5. The van der Waals surface area contributed by atoms with Gasteiger partial charge in [-0.15, -0.1) is 0 Å². The number of nitrogens with zero attached hydrogens (tertiary/aromatic N) is 1. The summed E-state index contributed by atoms with van der Waals surface area (Å²) in [5.41, 5.74) is 2.36. The molecule has 162 valence electrons. The molecule has 0 atom stereocenters. The normalized spacial score (nSPS) is 10.9. The molecule has 0 aliphatic heterocycles. The summed E-state index contributed by atoms with van der Waals surface area (Å²) in [5.74, 6) is -0.0305. The number of nitriles is 1. The van der Waals surface area contributed by atoms with E-state index in [1.54, 1.807) is 48.5 Å². The van der Waals surface area contributed by atoms with Gasteiger partial charge < -0.3 is 14.8 Å². The largest absolute Gasteiger partial charge is 0.497 e. The fraction of sp³-hybridized carbons (Fsp3) is 0.120. The Morgan fingerprint density at radius 2 is 2.00 bits per heavy atom. The van der Waals surface area contributed by atoms with E-state index in [4.69, 9.17) is 21.1 Å². The number of carbonyl (C=O) groups excluding carboxylic acids is 1. The van der Waals surface area contributed by atoms with E-state index in [0.717, 1.165) is 5.56 Å². The number of amides is 1. The zero-order valence-electron chi connectivity index (χ0n) is 17.5. The maximum atomic E-state index is 13.4. The molecule has 3 aromatic rings. The first-order valence-electron chi connectivity index (χ1n) is 9.64. The Morgan fingerprint density at radius 3 is 2.69 bits per heavy atom. The summed E-state index contributed by atoms with van der Waals surface area (Å²) in [4.78, 5) is 12.6. The van der Waals surface area contributed by atoms with Crippen LogP contribution in [-0.2, 0) is 11.4 Å². The number of halogens is 2. The lowest BCUT2D eigenvalue weighted by molar-refractivity contribution is -0.112. The molecule has 0 saturated carbocycles. The molecule has 0 bridgehead atoms. The molecule has 7 heteroatoms. The first-order valence-corrected chi connectivity index (χ1v) is 10.0. The Hall–Kier alpha value is -3.82. The van der Waals surface area contributed by atoms with Gasteiger partial charge in [0.05, 0.1) is 7.11 Å². The zero-order valence-corrected chi connectivity index (χ0v) is 18.2. The molecule has 0 aromatic heterocycles. The predicted molar refractivity (Wildman–Crippen MR) is 122 cm³/mol. The maximum Gasteiger partial charge on any atom is 0.266 e. The molecule has 32 heavy (non-hydrogen) atoms. The van der Waals surface area contributed by atoms with Crippen LogP contribution in [0.15, 0.2) is 66.2 Å². The summed E-state index contributed by atoms with van der Waals surface area (Å²) in [7, 11) is 1.52. The molecular formula is C25H20ClFN2O3. The van der Waals surface area contributed by atoms with Crippen molar-refractivity contribution in [2.45, 2.75) is 13.5 Å². The van der Waals surface area contributed by atoms with Gasteiger partial charge >= 0.3 is 0 Å². The molecule has 0 heterocycles. The molecule has 0 radical (unpaired) electrons. The van der Waals surface area contributed by atoms with Gasteiger partial charge in [0.2, 0.25) is 0 Å². The van der Waals surface area contributed by atoms with Gasteiger partial charge in [0, 0.05) is 22.3 Å². The number of hydrogen-bond acceptors (Lipinski definition) is 4. The Morgan fingerprint density at radius 1 is 1.19 bits per heavy atom. The summed E-state index contributed by atoms with van der Waals surface area (Å²) in [6.45, 7) is 1.95. The molecule has 1 N–H and O–H groups in total. The highest BCUT2D eigenvalue weighted by Gasteiger charge is 2.13. The Kier molecular flexibility index (Phi) is 7.48. The minimum Gasteiger partial charge on any atom is -0.497 e. The minimum absolute atomic E-state index is 0.0989. The van der Waals surface area contributed by atoms with E-state index in [1.165, 1.54) is 25.3 Å². The van der Waals surface area contributed by atoms with E-state index in [0.29, 0.717) is 33.3 Å². The fourth-order valence-corrected chi connectivity index (χ4v) is 3.03. The summed E-state index contributed by atoms with van der Waals surface area (Å²) >= 11 is 6.10. The van der Waals surface area contributed by atoms with Crippen LogP contribution in [0.2, 0.25) is 5.02 Å². The van der Waals surface area contributed by atoms with Crippen molar-refractivity contribution >= 4 is 29.3 Å². The van der Waals surface area contributed by atoms with Crippen molar-refractivity contribution in [2.75, 3.05) is 12.4 Å². The maximum absolute atomic E-state index is 13.4. The number of benzene rings is 3. The quantitative estimate of drug-likeness (QED) is 0.358. The van der Waals surface area contributed by atoms with Crippen LogP contribution >= 0.6 is 11.6 Å². The van der Waals surface area contributed by atoms with Crippen LogP contribution in [0.3, 0.4) is 0 Å². The van der Waals surface area contributed by atoms with Crippen molar-refractivity contribution in [1.29, 1.82) is 5.26 Å². The third-order valence-electron chi connectivity index (χ3n) is 4.60. The van der Waals surface area contributed by atoms with Gasteiger partial charge in [0.25, 0.3) is 5.91 Å². The Bertz CT molecular complexity index is 1220. The highest BCUT2D eigenvalue weighted by Crippen LogP contribution is 2.28. The molecule has 0 aliphatic carbocycles. The van der Waals surface area contributed by atoms with E-state index in [9.17, 15) is 14.4 Å². The summed E-state index contributed by atoms with van der Waals surface area (Å²) in [6.07, 6.45) is 1.42. The Labute approximate surface area is 190 Å². The summed E-state index contributed by atoms with van der Waals surface area (Å²) < 4.78 is 24.5. The standard InChI is InChI=1S/C25H20ClFN2O3/c1-16-6-8-21(12-23(16)26)29-25(30)19(14-28)11-18-7-9-22(31-2)13-24(18)32-15-17-4-3-5-20(27)10-17/h3-13H,15H2,1-2H3,(H,29,30)/b19-11+. The van der Waals surface area contributed by atoms with Crippen LogP contribution in [0.1, 0.15) is 16.7 Å². The van der Waals surface area contributed by atoms with E-state index in [-0.39, 0.29) is 18.0 Å². The van der Waals surface area contributed by atoms with E-state index < -0.39 is 5.91 Å². The second-order valence-corrected chi connectivity index (χ2v) is 7.32. The predicted octanol–water partition coefficient (Wildman–Crippen LogP) is 5.92. The van der Waals surface area contributed by atoms with Gasteiger partial charge in [0.1, 0.15) is 35.6 Å². The molecule has 0 saturated heterocycles. The second-order valence-electron chi connectivity index (χ2n) is 6.91. The number of ether oxygens (including phenoxy) is 2. The lowest BCUT2D eigenvalue weighted by Gasteiger charge is -2.12. The van der Waals surface area contributed by atoms with E-state index in [2.05, 4.69) is 5.32 Å². The molecular weight excluding hydrogens is 431 g/mol. The molecule has 0 unspecified atom stereocenters. The van der Waals surface area contributed by atoms with Crippen LogP contribution < -0.4 is 14.8 Å². The molecule has 0 fully saturated rings. The number of rotatable bonds is 7. The molecule has 0 spiro atoms. The number of anilines is 1. The van der Waals surface area contributed by atoms with Gasteiger partial charge in [-0.05, 0) is 60.5 Å². The topological polar surface area (TPSA) is 71.3 Å². The molecule has 1 amide bonds. The third-order valence-corrected chi connectivity index (χ3v) is 5.01. The van der Waals surface area contributed by atoms with Crippen molar-refractivity contribution in [1.82, 2.24) is 0 Å². The first-order chi connectivity index (χ1) is 15.4. The van der Waals surface area contributed by atoms with Gasteiger partial charge in [-0.2, -0.15) is 5.26 Å². The summed E-state index contributed by atoms with van der Waals surface area (Å²) in [5, 5.41) is 12.7. The molecule has 3 aromatic carbocycles. The SMILES string of the molecule is COc1ccc(/C=C(\C#N)C(=O)Nc2ccc(C)c(Cl)c2)c(OCc2cccc(F)c2)c1. The average molecular weight is 451 g/mol. The van der Waals surface area contributed by atoms with Gasteiger partial charge in [-0.3, -0.25) is 4.79 Å². The third kappa shape index (κ3) is 5.87. The average Bonchev–Trinajstić information content (AvgIpc) is 2.78. The van der Waals surface area contributed by atoms with Crippen molar-refractivity contribution in [3.63, 3.8) is 0 Å². The highest BCUT2D eigenvalue weighted by molar-refractivity contribution is 6.31. The fourth-order valence-electron chi connectivity index (χ4n) is 2.85. The van der Waals surface area contributed by atoms with Gasteiger partial charge in [0.15, 0.2) is 0 Å². The molecule has 5 nitrogen and oxygen atoms in total. The number of aryl methyl sites for hydroxylation is 1. The van der Waals surface area contributed by atoms with Gasteiger partial charge in [-0.25, -0.2) is 4.39 Å². The van der Waals surface area contributed by atoms with Crippen molar-refractivity contribution < 1.29 is 18.7 Å². The molecule has 0 aliphatic rings. The van der Waals surface area contributed by atoms with Crippen LogP contribution in [0.5, 0.6) is 11.5 Å². The first kappa shape index (κ1) is 22.9. The molecule has 3 rings (SSSR count). The van der Waals surface area contributed by atoms with Crippen molar-refractivity contribution in [3.8, 4) is 17.6 Å². The zero-order chi connectivity index (χ0) is 23.1.